The molecule has 0 aromatic carbocycles. The van der Waals surface area contributed by atoms with Crippen molar-refractivity contribution >= 4 is 17.9 Å². The molecular formula is C8H14F3NO2S. The van der Waals surface area contributed by atoms with Crippen LogP contribution in [0.4, 0.5) is 18.0 Å². The predicted molar refractivity (Wildman–Crippen MR) is 53.0 cm³/mol. The van der Waals surface area contributed by atoms with Crippen molar-refractivity contribution in [3.63, 3.8) is 0 Å². The van der Waals surface area contributed by atoms with Crippen LogP contribution in [0.1, 0.15) is 13.8 Å². The van der Waals surface area contributed by atoms with Gasteiger partial charge in [-0.15, -0.1) is 0 Å². The maximum atomic E-state index is 11.6. The van der Waals surface area contributed by atoms with Crippen LogP contribution in [0.5, 0.6) is 0 Å². The Balaban J connectivity index is 3.77. The SMILES string of the molecule is CSC(C)(C)CNC(=O)OCC(F)(F)F. The number of alkyl halides is 3. The quantitative estimate of drug-likeness (QED) is 0.826. The summed E-state index contributed by atoms with van der Waals surface area (Å²) < 4.78 is 38.7. The lowest BCUT2D eigenvalue weighted by atomic mass is 10.2. The molecule has 0 aliphatic rings. The minimum atomic E-state index is -4.48. The van der Waals surface area contributed by atoms with Crippen LogP contribution in [0.2, 0.25) is 0 Å². The summed E-state index contributed by atoms with van der Waals surface area (Å²) >= 11 is 1.50. The van der Waals surface area contributed by atoms with Gasteiger partial charge in [-0.1, -0.05) is 0 Å². The molecule has 0 heterocycles. The summed E-state index contributed by atoms with van der Waals surface area (Å²) in [5.74, 6) is 0. The van der Waals surface area contributed by atoms with E-state index in [1.807, 2.05) is 20.1 Å². The summed E-state index contributed by atoms with van der Waals surface area (Å²) in [5.41, 5.74) is 0. The minimum Gasteiger partial charge on any atom is -0.440 e. The second kappa shape index (κ2) is 5.48. The third-order valence-corrected chi connectivity index (χ3v) is 2.83. The molecule has 0 bridgehead atoms. The molecule has 0 saturated carbocycles. The van der Waals surface area contributed by atoms with E-state index in [0.717, 1.165) is 0 Å². The molecule has 0 unspecified atom stereocenters. The Bertz CT molecular complexity index is 218. The number of carbonyl (C=O) groups excluding carboxylic acids is 1. The highest BCUT2D eigenvalue weighted by Gasteiger charge is 2.29. The van der Waals surface area contributed by atoms with Gasteiger partial charge in [-0.2, -0.15) is 24.9 Å². The molecule has 0 saturated heterocycles. The Labute approximate surface area is 90.7 Å². The van der Waals surface area contributed by atoms with Crippen LogP contribution in [-0.2, 0) is 4.74 Å². The van der Waals surface area contributed by atoms with Gasteiger partial charge in [0.05, 0.1) is 0 Å². The van der Waals surface area contributed by atoms with Crippen molar-refractivity contribution in [2.45, 2.75) is 24.8 Å². The van der Waals surface area contributed by atoms with Crippen molar-refractivity contribution < 1.29 is 22.7 Å². The molecule has 0 atom stereocenters. The Morgan fingerprint density at radius 3 is 2.33 bits per heavy atom. The van der Waals surface area contributed by atoms with Gasteiger partial charge < -0.3 is 10.1 Å². The number of hydrogen-bond donors (Lipinski definition) is 1. The topological polar surface area (TPSA) is 38.3 Å². The number of ether oxygens (including phenoxy) is 1. The lowest BCUT2D eigenvalue weighted by Gasteiger charge is -2.21. The van der Waals surface area contributed by atoms with Gasteiger partial charge in [0.25, 0.3) is 0 Å². The van der Waals surface area contributed by atoms with Gasteiger partial charge in [0.15, 0.2) is 6.61 Å². The van der Waals surface area contributed by atoms with Crippen LogP contribution >= 0.6 is 11.8 Å². The van der Waals surface area contributed by atoms with Crippen LogP contribution < -0.4 is 5.32 Å². The van der Waals surface area contributed by atoms with Crippen molar-refractivity contribution in [2.75, 3.05) is 19.4 Å². The Morgan fingerprint density at radius 1 is 1.40 bits per heavy atom. The standard InChI is InChI=1S/C8H14F3NO2S/c1-7(2,15-3)4-12-6(13)14-5-8(9,10)11/h4-5H2,1-3H3,(H,12,13). The Morgan fingerprint density at radius 2 is 1.93 bits per heavy atom. The zero-order valence-corrected chi connectivity index (χ0v) is 9.59. The summed E-state index contributed by atoms with van der Waals surface area (Å²) in [6, 6.07) is 0. The zero-order valence-electron chi connectivity index (χ0n) is 8.77. The molecule has 7 heteroatoms. The predicted octanol–water partition coefficient (Wildman–Crippen LogP) is 2.42. The first-order valence-corrected chi connectivity index (χ1v) is 5.41. The van der Waals surface area contributed by atoms with Gasteiger partial charge in [0.1, 0.15) is 0 Å². The van der Waals surface area contributed by atoms with Crippen molar-refractivity contribution in [3.8, 4) is 0 Å². The fourth-order valence-electron chi connectivity index (χ4n) is 0.556. The highest BCUT2D eigenvalue weighted by molar-refractivity contribution is 7.99. The lowest BCUT2D eigenvalue weighted by Crippen LogP contribution is -2.37. The van der Waals surface area contributed by atoms with Gasteiger partial charge in [0, 0.05) is 11.3 Å². The van der Waals surface area contributed by atoms with Crippen LogP contribution in [0.15, 0.2) is 0 Å². The van der Waals surface area contributed by atoms with Gasteiger partial charge >= 0.3 is 12.3 Å². The number of amides is 1. The molecular weight excluding hydrogens is 231 g/mol. The molecule has 1 N–H and O–H groups in total. The number of hydrogen-bond acceptors (Lipinski definition) is 3. The first kappa shape index (κ1) is 14.4. The number of halogens is 3. The van der Waals surface area contributed by atoms with Crippen molar-refractivity contribution in [2.24, 2.45) is 0 Å². The number of nitrogens with one attached hydrogen (secondary N) is 1. The van der Waals surface area contributed by atoms with E-state index in [1.54, 1.807) is 0 Å². The smallest absolute Gasteiger partial charge is 0.422 e. The normalized spacial score (nSPS) is 12.4. The van der Waals surface area contributed by atoms with Gasteiger partial charge in [-0.05, 0) is 20.1 Å². The number of carbonyl (C=O) groups is 1. The van der Waals surface area contributed by atoms with Crippen LogP contribution in [0, 0.1) is 0 Å². The Hall–Kier alpha value is -0.590. The molecule has 0 radical (unpaired) electrons. The average Bonchev–Trinajstić information content (AvgIpc) is 2.10. The van der Waals surface area contributed by atoms with Gasteiger partial charge in [-0.3, -0.25) is 0 Å². The van der Waals surface area contributed by atoms with E-state index in [1.165, 1.54) is 11.8 Å². The van der Waals surface area contributed by atoms with E-state index < -0.39 is 18.9 Å². The zero-order chi connectivity index (χ0) is 12.1. The molecule has 0 rings (SSSR count). The molecule has 90 valence electrons. The summed E-state index contributed by atoms with van der Waals surface area (Å²) in [7, 11) is 0. The lowest BCUT2D eigenvalue weighted by molar-refractivity contribution is -0.160. The Kier molecular flexibility index (Phi) is 5.27. The largest absolute Gasteiger partial charge is 0.440 e. The molecule has 1 amide bonds. The van der Waals surface area contributed by atoms with Crippen LogP contribution in [0.3, 0.4) is 0 Å². The number of rotatable bonds is 4. The van der Waals surface area contributed by atoms with E-state index in [4.69, 9.17) is 0 Å². The van der Waals surface area contributed by atoms with Crippen molar-refractivity contribution in [1.29, 1.82) is 0 Å². The molecule has 0 aliphatic heterocycles. The molecule has 0 aromatic heterocycles. The second-order valence-corrected chi connectivity index (χ2v) is 5.02. The van der Waals surface area contributed by atoms with E-state index in [2.05, 4.69) is 10.1 Å². The monoisotopic (exact) mass is 245 g/mol. The summed E-state index contributed by atoms with van der Waals surface area (Å²) in [6.07, 6.45) is -3.68. The molecule has 0 aliphatic carbocycles. The van der Waals surface area contributed by atoms with Gasteiger partial charge in [-0.25, -0.2) is 4.79 Å². The second-order valence-electron chi connectivity index (χ2n) is 3.51. The van der Waals surface area contributed by atoms with Crippen molar-refractivity contribution in [1.82, 2.24) is 5.32 Å². The van der Waals surface area contributed by atoms with E-state index in [-0.39, 0.29) is 11.3 Å². The van der Waals surface area contributed by atoms with E-state index >= 15 is 0 Å². The maximum Gasteiger partial charge on any atom is 0.422 e. The van der Waals surface area contributed by atoms with Crippen molar-refractivity contribution in [3.05, 3.63) is 0 Å². The first-order valence-electron chi connectivity index (χ1n) is 4.19. The molecule has 0 aromatic rings. The molecule has 15 heavy (non-hydrogen) atoms. The third kappa shape index (κ3) is 8.41. The minimum absolute atomic E-state index is 0.225. The maximum absolute atomic E-state index is 11.6. The summed E-state index contributed by atoms with van der Waals surface area (Å²) in [5, 5.41) is 2.26. The van der Waals surface area contributed by atoms with Gasteiger partial charge in [0.2, 0.25) is 0 Å². The fourth-order valence-corrected chi connectivity index (χ4v) is 0.772. The summed E-state index contributed by atoms with van der Waals surface area (Å²) in [6.45, 7) is 2.42. The first-order chi connectivity index (χ1) is 6.66. The van der Waals surface area contributed by atoms with Crippen LogP contribution in [-0.4, -0.2) is 36.4 Å². The number of alkyl carbamates (subject to hydrolysis) is 1. The summed E-state index contributed by atoms with van der Waals surface area (Å²) in [4.78, 5) is 10.8. The number of thioether (sulfide) groups is 1. The van der Waals surface area contributed by atoms with E-state index in [9.17, 15) is 18.0 Å². The van der Waals surface area contributed by atoms with E-state index in [0.29, 0.717) is 0 Å². The van der Waals surface area contributed by atoms with Crippen LogP contribution in [0.25, 0.3) is 0 Å². The molecule has 0 fully saturated rings. The molecule has 3 nitrogen and oxygen atoms in total. The fraction of sp³-hybridized carbons (Fsp3) is 0.875. The highest BCUT2D eigenvalue weighted by Crippen LogP contribution is 2.19. The third-order valence-electron chi connectivity index (χ3n) is 1.58. The molecule has 0 spiro atoms. The highest BCUT2D eigenvalue weighted by atomic mass is 32.2. The average molecular weight is 245 g/mol.